The molecule has 2 fully saturated rings. The molecule has 9 heteroatoms. The Morgan fingerprint density at radius 1 is 1.50 bits per heavy atom. The Labute approximate surface area is 151 Å². The molecule has 0 unspecified atom stereocenters. The van der Waals surface area contributed by atoms with E-state index in [2.05, 4.69) is 4.99 Å². The van der Waals surface area contributed by atoms with Crippen LogP contribution in [0.3, 0.4) is 0 Å². The summed E-state index contributed by atoms with van der Waals surface area (Å²) in [7, 11) is 0. The highest BCUT2D eigenvalue weighted by Crippen LogP contribution is 2.47. The van der Waals surface area contributed by atoms with Gasteiger partial charge in [-0.2, -0.15) is 0 Å². The first-order valence-electron chi connectivity index (χ1n) is 8.78. The SMILES string of the molecule is CC(N)=NCC(=N)N1CC[C@@H](C2=C(C(=O)O)N3C(=O)[C@H]([C@@H](C)O)[C@H]3C2)C1. The number of carbonyl (C=O) groups is 2. The van der Waals surface area contributed by atoms with E-state index in [0.717, 1.165) is 12.0 Å². The highest BCUT2D eigenvalue weighted by Gasteiger charge is 2.57. The van der Waals surface area contributed by atoms with Crippen molar-refractivity contribution in [2.45, 2.75) is 38.8 Å². The number of fused-ring (bicyclic) bond motifs is 1. The molecule has 142 valence electrons. The Bertz CT molecular complexity index is 710. The quantitative estimate of drug-likeness (QED) is 0.298. The summed E-state index contributed by atoms with van der Waals surface area (Å²) in [5.74, 6) is -1.18. The smallest absolute Gasteiger partial charge is 0.352 e. The number of aliphatic carboxylic acids is 1. The predicted octanol–water partition coefficient (Wildman–Crippen LogP) is -0.387. The van der Waals surface area contributed by atoms with E-state index < -0.39 is 18.0 Å². The molecular weight excluding hydrogens is 338 g/mol. The van der Waals surface area contributed by atoms with Gasteiger partial charge in [0.1, 0.15) is 11.5 Å². The van der Waals surface area contributed by atoms with Gasteiger partial charge in [-0.15, -0.1) is 0 Å². The summed E-state index contributed by atoms with van der Waals surface area (Å²) in [6.07, 6.45) is 0.423. The van der Waals surface area contributed by atoms with Crippen molar-refractivity contribution in [3.8, 4) is 0 Å². The number of carbonyl (C=O) groups excluding carboxylic acids is 1. The first kappa shape index (κ1) is 18.4. The molecule has 0 aromatic heterocycles. The number of nitrogens with two attached hydrogens (primary N) is 1. The number of amidine groups is 2. The molecule has 0 aliphatic carbocycles. The summed E-state index contributed by atoms with van der Waals surface area (Å²) >= 11 is 0. The van der Waals surface area contributed by atoms with Gasteiger partial charge in [0.2, 0.25) is 5.91 Å². The van der Waals surface area contributed by atoms with E-state index in [9.17, 15) is 19.8 Å². The fourth-order valence-corrected chi connectivity index (χ4v) is 4.26. The van der Waals surface area contributed by atoms with Gasteiger partial charge in [0, 0.05) is 19.0 Å². The second-order valence-corrected chi connectivity index (χ2v) is 7.26. The maximum Gasteiger partial charge on any atom is 0.352 e. The Kier molecular flexibility index (Phi) is 4.74. The molecule has 0 aromatic rings. The number of amides is 1. The molecule has 3 aliphatic rings. The van der Waals surface area contributed by atoms with Crippen LogP contribution in [0.15, 0.2) is 16.3 Å². The summed E-state index contributed by atoms with van der Waals surface area (Å²) in [4.78, 5) is 31.3. The Hall–Kier alpha value is -2.42. The molecule has 0 saturated carbocycles. The van der Waals surface area contributed by atoms with Gasteiger partial charge in [-0.1, -0.05) is 0 Å². The van der Waals surface area contributed by atoms with Crippen LogP contribution in [0.1, 0.15) is 26.7 Å². The predicted molar refractivity (Wildman–Crippen MR) is 94.7 cm³/mol. The molecule has 3 heterocycles. The second kappa shape index (κ2) is 6.71. The van der Waals surface area contributed by atoms with Gasteiger partial charge in [0.25, 0.3) is 0 Å². The highest BCUT2D eigenvalue weighted by molar-refractivity contribution is 5.99. The lowest BCUT2D eigenvalue weighted by Crippen LogP contribution is -2.61. The molecular formula is C17H25N5O4. The van der Waals surface area contributed by atoms with E-state index in [-0.39, 0.29) is 30.1 Å². The Morgan fingerprint density at radius 3 is 2.77 bits per heavy atom. The van der Waals surface area contributed by atoms with E-state index in [4.69, 9.17) is 11.1 Å². The van der Waals surface area contributed by atoms with Crippen LogP contribution >= 0.6 is 0 Å². The lowest BCUT2D eigenvalue weighted by atomic mass is 9.82. The number of rotatable bonds is 5. The number of nitrogens with zero attached hydrogens (tertiary/aromatic N) is 3. The van der Waals surface area contributed by atoms with Crippen LogP contribution in [-0.4, -0.2) is 75.3 Å². The standard InChI is InChI=1S/C17H25N5O4/c1-8(23)14-12-5-11(15(17(25)26)22(12)16(14)24)10-3-4-21(7-10)13(19)6-20-9(2)18/h8,10,12,14,19,23H,3-7H2,1-2H3,(H2,18,20)(H,25,26)/t8-,10-,12-,14-/m1/s1. The molecule has 4 atom stereocenters. The molecule has 3 rings (SSSR count). The molecule has 2 saturated heterocycles. The molecule has 0 aromatic carbocycles. The monoisotopic (exact) mass is 363 g/mol. The van der Waals surface area contributed by atoms with Crippen molar-refractivity contribution in [3.05, 3.63) is 11.3 Å². The number of aliphatic hydroxyl groups is 1. The average molecular weight is 363 g/mol. The molecule has 26 heavy (non-hydrogen) atoms. The Morgan fingerprint density at radius 2 is 2.19 bits per heavy atom. The number of carboxylic acids is 1. The third-order valence-corrected chi connectivity index (χ3v) is 5.51. The molecule has 5 N–H and O–H groups in total. The zero-order valence-electron chi connectivity index (χ0n) is 15.0. The van der Waals surface area contributed by atoms with Gasteiger partial charge in [0.05, 0.1) is 30.4 Å². The van der Waals surface area contributed by atoms with Crippen molar-refractivity contribution in [2.24, 2.45) is 22.6 Å². The zero-order valence-corrected chi connectivity index (χ0v) is 15.0. The zero-order chi connectivity index (χ0) is 19.2. The number of likely N-dealkylation sites (tertiary alicyclic amines) is 1. The summed E-state index contributed by atoms with van der Waals surface area (Å²) in [5.41, 5.74) is 6.34. The number of nitrogens with one attached hydrogen (secondary N) is 1. The van der Waals surface area contributed by atoms with Crippen molar-refractivity contribution < 1.29 is 19.8 Å². The number of hydrogen-bond acceptors (Lipinski definition) is 5. The largest absolute Gasteiger partial charge is 0.477 e. The lowest BCUT2D eigenvalue weighted by Gasteiger charge is -2.44. The highest BCUT2D eigenvalue weighted by atomic mass is 16.4. The average Bonchev–Trinajstić information content (AvgIpc) is 3.14. The van der Waals surface area contributed by atoms with E-state index in [0.29, 0.717) is 31.2 Å². The maximum absolute atomic E-state index is 12.3. The Balaban J connectivity index is 1.75. The van der Waals surface area contributed by atoms with Crippen LogP contribution in [0.25, 0.3) is 0 Å². The van der Waals surface area contributed by atoms with E-state index >= 15 is 0 Å². The molecule has 9 nitrogen and oxygen atoms in total. The number of aliphatic hydroxyl groups excluding tert-OH is 1. The molecule has 0 radical (unpaired) electrons. The number of carboxylic acid groups (broad SMARTS) is 1. The summed E-state index contributed by atoms with van der Waals surface area (Å²) in [5, 5.41) is 27.6. The van der Waals surface area contributed by atoms with Crippen molar-refractivity contribution in [3.63, 3.8) is 0 Å². The van der Waals surface area contributed by atoms with Gasteiger partial charge >= 0.3 is 5.97 Å². The van der Waals surface area contributed by atoms with E-state index in [1.807, 2.05) is 4.90 Å². The van der Waals surface area contributed by atoms with Crippen LogP contribution in [0.4, 0.5) is 0 Å². The third kappa shape index (κ3) is 2.96. The fourth-order valence-electron chi connectivity index (χ4n) is 4.26. The van der Waals surface area contributed by atoms with Crippen molar-refractivity contribution in [2.75, 3.05) is 19.6 Å². The summed E-state index contributed by atoms with van der Waals surface area (Å²) < 4.78 is 0. The van der Waals surface area contributed by atoms with Crippen LogP contribution in [0.5, 0.6) is 0 Å². The number of hydrogen-bond donors (Lipinski definition) is 4. The molecule has 3 aliphatic heterocycles. The first-order chi connectivity index (χ1) is 12.2. The van der Waals surface area contributed by atoms with Crippen molar-refractivity contribution in [1.29, 1.82) is 5.41 Å². The number of aliphatic imine (C=N–C) groups is 1. The van der Waals surface area contributed by atoms with Gasteiger partial charge in [0.15, 0.2) is 0 Å². The van der Waals surface area contributed by atoms with Crippen LogP contribution in [0, 0.1) is 17.2 Å². The minimum absolute atomic E-state index is 0.0162. The van der Waals surface area contributed by atoms with Gasteiger partial charge < -0.3 is 25.7 Å². The van der Waals surface area contributed by atoms with E-state index in [1.54, 1.807) is 13.8 Å². The second-order valence-electron chi connectivity index (χ2n) is 7.26. The summed E-state index contributed by atoms with van der Waals surface area (Å²) in [6.45, 7) is 4.63. The van der Waals surface area contributed by atoms with Gasteiger partial charge in [-0.3, -0.25) is 15.2 Å². The first-order valence-corrected chi connectivity index (χ1v) is 8.78. The normalized spacial score (nSPS) is 29.7. The molecule has 0 bridgehead atoms. The van der Waals surface area contributed by atoms with Crippen LogP contribution in [-0.2, 0) is 9.59 Å². The minimum Gasteiger partial charge on any atom is -0.477 e. The van der Waals surface area contributed by atoms with Gasteiger partial charge in [-0.05, 0) is 32.3 Å². The number of β-lactam (4-membered cyclic amide) rings is 1. The molecule has 0 spiro atoms. The van der Waals surface area contributed by atoms with Crippen molar-refractivity contribution >= 4 is 23.5 Å². The lowest BCUT2D eigenvalue weighted by molar-refractivity contribution is -0.161. The minimum atomic E-state index is -1.10. The molecule has 1 amide bonds. The fraction of sp³-hybridized carbons (Fsp3) is 0.647. The third-order valence-electron chi connectivity index (χ3n) is 5.51. The topological polar surface area (TPSA) is 143 Å². The summed E-state index contributed by atoms with van der Waals surface area (Å²) in [6, 6.07) is -0.262. The van der Waals surface area contributed by atoms with Crippen molar-refractivity contribution in [1.82, 2.24) is 9.80 Å². The van der Waals surface area contributed by atoms with E-state index in [1.165, 1.54) is 4.90 Å². The van der Waals surface area contributed by atoms with Crippen LogP contribution < -0.4 is 5.73 Å². The van der Waals surface area contributed by atoms with Crippen LogP contribution in [0.2, 0.25) is 0 Å². The van der Waals surface area contributed by atoms with Gasteiger partial charge in [-0.25, -0.2) is 4.79 Å². The maximum atomic E-state index is 12.3.